The monoisotopic (exact) mass is 232 g/mol. The summed E-state index contributed by atoms with van der Waals surface area (Å²) in [4.78, 5) is 4.28. The van der Waals surface area contributed by atoms with Crippen molar-refractivity contribution in [3.63, 3.8) is 0 Å². The molecule has 1 fully saturated rings. The van der Waals surface area contributed by atoms with Gasteiger partial charge in [-0.2, -0.15) is 10.1 Å². The molecule has 17 heavy (non-hydrogen) atoms. The first-order valence-electron chi connectivity index (χ1n) is 5.46. The van der Waals surface area contributed by atoms with Crippen LogP contribution in [0.25, 0.3) is 0 Å². The quantitative estimate of drug-likeness (QED) is 0.825. The molecule has 2 aromatic rings. The molecule has 0 bridgehead atoms. The van der Waals surface area contributed by atoms with Crippen molar-refractivity contribution >= 4 is 17.6 Å². The molecular formula is C10H12N6O. The van der Waals surface area contributed by atoms with Crippen LogP contribution in [-0.2, 0) is 0 Å². The molecule has 7 heteroatoms. The number of nitrogens with zero attached hydrogens (tertiary/aromatic N) is 4. The maximum Gasteiger partial charge on any atom is 0.250 e. The first-order valence-corrected chi connectivity index (χ1v) is 5.46. The number of rotatable bonds is 4. The lowest BCUT2D eigenvalue weighted by atomic mass is 10.5. The summed E-state index contributed by atoms with van der Waals surface area (Å²) in [5.74, 6) is 2.44. The van der Waals surface area contributed by atoms with Crippen LogP contribution in [0.5, 0.6) is 0 Å². The SMILES string of the molecule is Cc1cc(Nc2nncc(NC3CC3)n2)no1. The lowest BCUT2D eigenvalue weighted by Crippen LogP contribution is -2.06. The third kappa shape index (κ3) is 2.49. The number of anilines is 3. The fourth-order valence-electron chi connectivity index (χ4n) is 1.40. The van der Waals surface area contributed by atoms with Gasteiger partial charge in [-0.1, -0.05) is 5.16 Å². The summed E-state index contributed by atoms with van der Waals surface area (Å²) in [6.07, 6.45) is 3.99. The molecule has 3 rings (SSSR count). The molecule has 1 aliphatic carbocycles. The van der Waals surface area contributed by atoms with E-state index in [1.54, 1.807) is 12.3 Å². The van der Waals surface area contributed by atoms with E-state index in [9.17, 15) is 0 Å². The van der Waals surface area contributed by atoms with Gasteiger partial charge >= 0.3 is 0 Å². The minimum absolute atomic E-state index is 0.406. The summed E-state index contributed by atoms with van der Waals surface area (Å²) in [6.45, 7) is 1.82. The Balaban J connectivity index is 1.73. The van der Waals surface area contributed by atoms with E-state index in [1.165, 1.54) is 12.8 Å². The molecule has 0 aliphatic heterocycles. The second kappa shape index (κ2) is 4.00. The van der Waals surface area contributed by atoms with E-state index in [2.05, 4.69) is 31.0 Å². The topological polar surface area (TPSA) is 88.8 Å². The second-order valence-corrected chi connectivity index (χ2v) is 4.03. The normalized spacial score (nSPS) is 14.6. The van der Waals surface area contributed by atoms with Crippen molar-refractivity contribution in [2.45, 2.75) is 25.8 Å². The lowest BCUT2D eigenvalue weighted by molar-refractivity contribution is 0.400. The summed E-state index contributed by atoms with van der Waals surface area (Å²) in [6, 6.07) is 2.30. The average molecular weight is 232 g/mol. The molecule has 0 amide bonds. The number of hydrogen-bond donors (Lipinski definition) is 2. The maximum absolute atomic E-state index is 4.94. The van der Waals surface area contributed by atoms with Crippen LogP contribution in [0.4, 0.5) is 17.6 Å². The zero-order valence-corrected chi connectivity index (χ0v) is 9.34. The van der Waals surface area contributed by atoms with Crippen LogP contribution in [0, 0.1) is 6.92 Å². The molecule has 1 aliphatic rings. The standard InChI is InChI=1S/C10H12N6O/c1-6-4-8(16-17-6)13-10-14-9(5-11-15-10)12-7-2-3-7/h4-5,7H,2-3H2,1H3,(H2,12,13,14,15,16). The van der Waals surface area contributed by atoms with Crippen molar-refractivity contribution in [2.24, 2.45) is 0 Å². The van der Waals surface area contributed by atoms with Crippen molar-refractivity contribution in [2.75, 3.05) is 10.6 Å². The van der Waals surface area contributed by atoms with E-state index >= 15 is 0 Å². The maximum atomic E-state index is 4.94. The lowest BCUT2D eigenvalue weighted by Gasteiger charge is -2.04. The number of hydrogen-bond acceptors (Lipinski definition) is 7. The predicted molar refractivity (Wildman–Crippen MR) is 61.0 cm³/mol. The molecule has 0 unspecified atom stereocenters. The Hall–Kier alpha value is -2.18. The van der Waals surface area contributed by atoms with Gasteiger partial charge < -0.3 is 15.2 Å². The zero-order chi connectivity index (χ0) is 11.7. The Morgan fingerprint density at radius 1 is 1.35 bits per heavy atom. The Morgan fingerprint density at radius 2 is 2.24 bits per heavy atom. The predicted octanol–water partition coefficient (Wildman–Crippen LogP) is 1.49. The van der Waals surface area contributed by atoms with Crippen LogP contribution in [0.1, 0.15) is 18.6 Å². The Bertz CT molecular complexity index is 521. The third-order valence-corrected chi connectivity index (χ3v) is 2.36. The molecule has 0 atom stereocenters. The third-order valence-electron chi connectivity index (χ3n) is 2.36. The summed E-state index contributed by atoms with van der Waals surface area (Å²) >= 11 is 0. The molecule has 0 aromatic carbocycles. The minimum Gasteiger partial charge on any atom is -0.366 e. The second-order valence-electron chi connectivity index (χ2n) is 4.03. The van der Waals surface area contributed by atoms with Gasteiger partial charge in [0.25, 0.3) is 0 Å². The van der Waals surface area contributed by atoms with Crippen molar-refractivity contribution in [1.82, 2.24) is 20.3 Å². The van der Waals surface area contributed by atoms with E-state index < -0.39 is 0 Å². The van der Waals surface area contributed by atoms with Crippen LogP contribution in [0.2, 0.25) is 0 Å². The van der Waals surface area contributed by atoms with Gasteiger partial charge in [-0.3, -0.25) is 0 Å². The highest BCUT2D eigenvalue weighted by molar-refractivity contribution is 5.49. The summed E-state index contributed by atoms with van der Waals surface area (Å²) in [5, 5.41) is 17.7. The van der Waals surface area contributed by atoms with Crippen LogP contribution in [0.3, 0.4) is 0 Å². The molecule has 7 nitrogen and oxygen atoms in total. The van der Waals surface area contributed by atoms with Gasteiger partial charge in [0, 0.05) is 12.1 Å². The van der Waals surface area contributed by atoms with E-state index in [0.29, 0.717) is 17.8 Å². The highest BCUT2D eigenvalue weighted by Crippen LogP contribution is 2.23. The Kier molecular flexibility index (Phi) is 2.36. The number of aryl methyl sites for hydroxylation is 1. The first kappa shape index (κ1) is 10.0. The van der Waals surface area contributed by atoms with Crippen LogP contribution < -0.4 is 10.6 Å². The van der Waals surface area contributed by atoms with Gasteiger partial charge in [-0.25, -0.2) is 0 Å². The average Bonchev–Trinajstić information content (AvgIpc) is 3.02. The van der Waals surface area contributed by atoms with Gasteiger partial charge in [0.05, 0.1) is 6.20 Å². The Morgan fingerprint density at radius 3 is 2.94 bits per heavy atom. The minimum atomic E-state index is 0.406. The van der Waals surface area contributed by atoms with Gasteiger partial charge in [0.1, 0.15) is 5.76 Å². The highest BCUT2D eigenvalue weighted by atomic mass is 16.5. The molecule has 2 aromatic heterocycles. The van der Waals surface area contributed by atoms with E-state index in [4.69, 9.17) is 4.52 Å². The van der Waals surface area contributed by atoms with Crippen molar-refractivity contribution in [1.29, 1.82) is 0 Å². The van der Waals surface area contributed by atoms with Gasteiger partial charge in [0.15, 0.2) is 11.6 Å². The van der Waals surface area contributed by atoms with E-state index in [1.807, 2.05) is 6.92 Å². The molecule has 0 radical (unpaired) electrons. The fraction of sp³-hybridized carbons (Fsp3) is 0.400. The fourth-order valence-corrected chi connectivity index (χ4v) is 1.40. The van der Waals surface area contributed by atoms with Gasteiger partial charge in [-0.05, 0) is 19.8 Å². The number of aromatic nitrogens is 4. The van der Waals surface area contributed by atoms with Gasteiger partial charge in [-0.15, -0.1) is 5.10 Å². The molecule has 2 N–H and O–H groups in total. The molecule has 1 saturated carbocycles. The summed E-state index contributed by atoms with van der Waals surface area (Å²) < 4.78 is 4.94. The summed E-state index contributed by atoms with van der Waals surface area (Å²) in [5.41, 5.74) is 0. The number of nitrogens with one attached hydrogen (secondary N) is 2. The highest BCUT2D eigenvalue weighted by Gasteiger charge is 2.21. The molecule has 0 saturated heterocycles. The van der Waals surface area contributed by atoms with Crippen LogP contribution >= 0.6 is 0 Å². The van der Waals surface area contributed by atoms with Crippen molar-refractivity contribution in [3.8, 4) is 0 Å². The molecule has 88 valence electrons. The molecule has 2 heterocycles. The largest absolute Gasteiger partial charge is 0.366 e. The summed E-state index contributed by atoms with van der Waals surface area (Å²) in [7, 11) is 0. The zero-order valence-electron chi connectivity index (χ0n) is 9.34. The van der Waals surface area contributed by atoms with Gasteiger partial charge in [0.2, 0.25) is 5.95 Å². The molecular weight excluding hydrogens is 220 g/mol. The van der Waals surface area contributed by atoms with Crippen molar-refractivity contribution in [3.05, 3.63) is 18.0 Å². The van der Waals surface area contributed by atoms with Crippen molar-refractivity contribution < 1.29 is 4.52 Å². The van der Waals surface area contributed by atoms with Crippen LogP contribution in [-0.4, -0.2) is 26.4 Å². The molecule has 0 spiro atoms. The smallest absolute Gasteiger partial charge is 0.250 e. The van der Waals surface area contributed by atoms with E-state index in [-0.39, 0.29) is 0 Å². The van der Waals surface area contributed by atoms with Crippen LogP contribution in [0.15, 0.2) is 16.8 Å². The van der Waals surface area contributed by atoms with E-state index in [0.717, 1.165) is 11.6 Å². The first-order chi connectivity index (χ1) is 8.29. The Labute approximate surface area is 97.6 Å².